The first-order chi connectivity index (χ1) is 19.0. The van der Waals surface area contributed by atoms with E-state index in [0.29, 0.717) is 22.5 Å². The monoisotopic (exact) mass is 506 g/mol. The molecule has 0 saturated carbocycles. The van der Waals surface area contributed by atoms with E-state index in [1.807, 2.05) is 79.2 Å². The van der Waals surface area contributed by atoms with Crippen LogP contribution >= 0.6 is 0 Å². The number of nitriles is 1. The van der Waals surface area contributed by atoms with Crippen molar-refractivity contribution in [2.45, 2.75) is 6.92 Å². The van der Waals surface area contributed by atoms with Crippen LogP contribution in [0.4, 0.5) is 5.69 Å². The summed E-state index contributed by atoms with van der Waals surface area (Å²) in [7, 11) is 1.98. The predicted molar refractivity (Wildman–Crippen MR) is 152 cm³/mol. The van der Waals surface area contributed by atoms with Gasteiger partial charge in [0.1, 0.15) is 0 Å². The normalized spacial score (nSPS) is 10.7. The smallest absolute Gasteiger partial charge is 0.255 e. The molecule has 186 valence electrons. The van der Waals surface area contributed by atoms with E-state index < -0.39 is 0 Å². The molecule has 0 atom stereocenters. The number of pyridine rings is 1. The third-order valence-electron chi connectivity index (χ3n) is 6.76. The fourth-order valence-electron chi connectivity index (χ4n) is 4.61. The molecule has 1 amide bonds. The molecule has 2 N–H and O–H groups in total. The molecular formula is C32H22N6O. The van der Waals surface area contributed by atoms with E-state index in [2.05, 4.69) is 44.6 Å². The Labute approximate surface area is 224 Å². The van der Waals surface area contributed by atoms with Gasteiger partial charge in [-0.1, -0.05) is 36.1 Å². The summed E-state index contributed by atoms with van der Waals surface area (Å²) in [6.45, 7) is 1.97. The third kappa shape index (κ3) is 4.50. The second-order valence-corrected chi connectivity index (χ2v) is 9.30. The number of fused-ring (bicyclic) bond motifs is 2. The molecule has 0 aliphatic carbocycles. The van der Waals surface area contributed by atoms with Crippen LogP contribution in [0.5, 0.6) is 0 Å². The van der Waals surface area contributed by atoms with Gasteiger partial charge in [0.2, 0.25) is 0 Å². The number of hydrogen-bond donors (Lipinski definition) is 2. The summed E-state index contributed by atoms with van der Waals surface area (Å²) in [5, 5.41) is 20.9. The Morgan fingerprint density at radius 2 is 1.79 bits per heavy atom. The highest BCUT2D eigenvalue weighted by Gasteiger charge is 2.12. The van der Waals surface area contributed by atoms with E-state index in [1.54, 1.807) is 18.5 Å². The molecule has 6 aromatic rings. The Bertz CT molecular complexity index is 1990. The number of benzene rings is 3. The average Bonchev–Trinajstić information content (AvgIpc) is 3.57. The van der Waals surface area contributed by atoms with Gasteiger partial charge in [0.15, 0.2) is 5.65 Å². The molecule has 0 fully saturated rings. The number of aromatic amines is 1. The fraction of sp³-hybridized carbons (Fsp3) is 0.0625. The molecule has 7 nitrogen and oxygen atoms in total. The Kier molecular flexibility index (Phi) is 5.88. The second-order valence-electron chi connectivity index (χ2n) is 9.30. The van der Waals surface area contributed by atoms with E-state index in [0.717, 1.165) is 44.1 Å². The number of nitrogens with zero attached hydrogens (tertiary/aromatic N) is 4. The number of carbonyl (C=O) groups excluding carboxylic acids is 1. The van der Waals surface area contributed by atoms with Crippen molar-refractivity contribution in [3.63, 3.8) is 0 Å². The molecule has 3 aromatic carbocycles. The van der Waals surface area contributed by atoms with E-state index in [1.165, 1.54) is 0 Å². The maximum Gasteiger partial charge on any atom is 0.255 e. The van der Waals surface area contributed by atoms with Crippen LogP contribution in [0.2, 0.25) is 0 Å². The van der Waals surface area contributed by atoms with Crippen LogP contribution < -0.4 is 5.32 Å². The summed E-state index contributed by atoms with van der Waals surface area (Å²) in [6, 6.07) is 23.0. The van der Waals surface area contributed by atoms with Crippen molar-refractivity contribution in [3.8, 4) is 29.0 Å². The fourth-order valence-corrected chi connectivity index (χ4v) is 4.61. The zero-order valence-electron chi connectivity index (χ0n) is 21.3. The van der Waals surface area contributed by atoms with Crippen LogP contribution in [-0.2, 0) is 7.05 Å². The van der Waals surface area contributed by atoms with Crippen molar-refractivity contribution in [2.24, 2.45) is 7.05 Å². The largest absolute Gasteiger partial charge is 0.350 e. The zero-order chi connectivity index (χ0) is 26.9. The second kappa shape index (κ2) is 9.66. The molecule has 0 saturated heterocycles. The summed E-state index contributed by atoms with van der Waals surface area (Å²) in [4.78, 5) is 17.4. The van der Waals surface area contributed by atoms with Crippen molar-refractivity contribution < 1.29 is 4.79 Å². The Hall–Kier alpha value is -5.66. The van der Waals surface area contributed by atoms with Gasteiger partial charge in [-0.3, -0.25) is 9.89 Å². The van der Waals surface area contributed by atoms with E-state index in [9.17, 15) is 4.79 Å². The Balaban J connectivity index is 1.26. The average molecular weight is 507 g/mol. The van der Waals surface area contributed by atoms with Crippen LogP contribution in [0.15, 0.2) is 85.3 Å². The van der Waals surface area contributed by atoms with Gasteiger partial charge in [0.05, 0.1) is 28.7 Å². The number of amides is 1. The van der Waals surface area contributed by atoms with Gasteiger partial charge >= 0.3 is 0 Å². The Morgan fingerprint density at radius 3 is 2.62 bits per heavy atom. The maximum absolute atomic E-state index is 13.2. The third-order valence-corrected chi connectivity index (χ3v) is 6.76. The lowest BCUT2D eigenvalue weighted by molar-refractivity contribution is 0.102. The number of hydrogen-bond acceptors (Lipinski definition) is 4. The van der Waals surface area contributed by atoms with Crippen molar-refractivity contribution in [2.75, 3.05) is 5.32 Å². The van der Waals surface area contributed by atoms with Gasteiger partial charge in [-0.2, -0.15) is 10.4 Å². The van der Waals surface area contributed by atoms with Crippen LogP contribution in [0.1, 0.15) is 32.6 Å². The van der Waals surface area contributed by atoms with Crippen LogP contribution in [0.3, 0.4) is 0 Å². The van der Waals surface area contributed by atoms with Crippen LogP contribution in [0, 0.1) is 30.1 Å². The van der Waals surface area contributed by atoms with E-state index in [4.69, 9.17) is 5.26 Å². The molecule has 0 bridgehead atoms. The molecule has 0 spiro atoms. The maximum atomic E-state index is 13.2. The minimum absolute atomic E-state index is 0.208. The van der Waals surface area contributed by atoms with Gasteiger partial charge < -0.3 is 9.88 Å². The van der Waals surface area contributed by atoms with Crippen molar-refractivity contribution in [1.29, 1.82) is 5.26 Å². The lowest BCUT2D eigenvalue weighted by Crippen LogP contribution is -2.12. The molecule has 0 aliphatic rings. The zero-order valence-corrected chi connectivity index (χ0v) is 21.3. The molecule has 0 aliphatic heterocycles. The molecule has 3 heterocycles. The van der Waals surface area contributed by atoms with E-state index in [-0.39, 0.29) is 5.91 Å². The summed E-state index contributed by atoms with van der Waals surface area (Å²) >= 11 is 0. The number of rotatable bonds is 3. The molecule has 6 rings (SSSR count). The van der Waals surface area contributed by atoms with Gasteiger partial charge in [0.25, 0.3) is 5.91 Å². The molecule has 3 aromatic heterocycles. The van der Waals surface area contributed by atoms with E-state index >= 15 is 0 Å². The lowest BCUT2D eigenvalue weighted by Gasteiger charge is -2.08. The molecule has 0 radical (unpaired) electrons. The molecular weight excluding hydrogens is 484 g/mol. The van der Waals surface area contributed by atoms with Gasteiger partial charge in [-0.15, -0.1) is 0 Å². The Morgan fingerprint density at radius 1 is 0.974 bits per heavy atom. The number of H-pyrrole nitrogens is 1. The van der Waals surface area contributed by atoms with Crippen LogP contribution in [-0.4, -0.2) is 25.7 Å². The number of aromatic nitrogens is 4. The highest BCUT2D eigenvalue weighted by atomic mass is 16.1. The molecule has 0 unspecified atom stereocenters. The number of aryl methyl sites for hydroxylation is 2. The van der Waals surface area contributed by atoms with Gasteiger partial charge in [0, 0.05) is 52.8 Å². The summed E-state index contributed by atoms with van der Waals surface area (Å²) in [5.41, 5.74) is 8.21. The van der Waals surface area contributed by atoms with Crippen molar-refractivity contribution in [3.05, 3.63) is 113 Å². The summed E-state index contributed by atoms with van der Waals surface area (Å²) < 4.78 is 2.04. The minimum atomic E-state index is -0.208. The topological polar surface area (TPSA) is 99.4 Å². The van der Waals surface area contributed by atoms with Crippen LogP contribution in [0.25, 0.3) is 33.1 Å². The quantitative estimate of drug-likeness (QED) is 0.290. The first-order valence-corrected chi connectivity index (χ1v) is 12.3. The van der Waals surface area contributed by atoms with Crippen molar-refractivity contribution in [1.82, 2.24) is 19.7 Å². The van der Waals surface area contributed by atoms with Gasteiger partial charge in [-0.25, -0.2) is 4.98 Å². The number of carbonyl (C=O) groups is 1. The standard InChI is InChI=1S/C32H22N6O/c1-20-3-6-25(15-24(20)10-9-23-13-14-34-31-28(23)18-35-37-31)32(39)36-26-11-12-27-29(19-38(2)30(27)16-26)22-7-4-21(17-33)5-8-22/h3-8,11-16,18-19H,1-2H3,(H,36,39)(H,34,35,37). The molecule has 7 heteroatoms. The van der Waals surface area contributed by atoms with Gasteiger partial charge in [-0.05, 0) is 60.5 Å². The molecule has 39 heavy (non-hydrogen) atoms. The van der Waals surface area contributed by atoms with Crippen molar-refractivity contribution >= 4 is 33.5 Å². The minimum Gasteiger partial charge on any atom is -0.350 e. The summed E-state index contributed by atoms with van der Waals surface area (Å²) in [5.74, 6) is 6.19. The first-order valence-electron chi connectivity index (χ1n) is 12.3. The lowest BCUT2D eigenvalue weighted by atomic mass is 10.0. The predicted octanol–water partition coefficient (Wildman–Crippen LogP) is 5.95. The first kappa shape index (κ1) is 23.7. The highest BCUT2D eigenvalue weighted by molar-refractivity contribution is 6.06. The summed E-state index contributed by atoms with van der Waals surface area (Å²) in [6.07, 6.45) is 5.46. The number of nitrogens with one attached hydrogen (secondary N) is 2. The highest BCUT2D eigenvalue weighted by Crippen LogP contribution is 2.32. The SMILES string of the molecule is Cc1ccc(C(=O)Nc2ccc3c(-c4ccc(C#N)cc4)cn(C)c3c2)cc1C#Cc1ccnc2[nH]ncc12. The number of anilines is 1.